The lowest BCUT2D eigenvalue weighted by molar-refractivity contribution is 0.0950. The molecule has 6 nitrogen and oxygen atoms in total. The maximum absolute atomic E-state index is 12.2. The van der Waals surface area contributed by atoms with E-state index in [9.17, 15) is 4.79 Å². The van der Waals surface area contributed by atoms with Crippen LogP contribution in [0.5, 0.6) is 5.75 Å². The average Bonchev–Trinajstić information content (AvgIpc) is 2.68. The van der Waals surface area contributed by atoms with Gasteiger partial charge in [0.05, 0.1) is 12.7 Å². The van der Waals surface area contributed by atoms with Crippen molar-refractivity contribution in [3.63, 3.8) is 0 Å². The molecule has 0 saturated heterocycles. The fourth-order valence-electron chi connectivity index (χ4n) is 2.23. The van der Waals surface area contributed by atoms with E-state index in [0.29, 0.717) is 23.1 Å². The van der Waals surface area contributed by atoms with Crippen molar-refractivity contribution in [1.82, 2.24) is 15.3 Å². The topological polar surface area (TPSA) is 76.1 Å². The third-order valence-electron chi connectivity index (χ3n) is 3.66. The number of hydrogen-bond acceptors (Lipinski definition) is 5. The van der Waals surface area contributed by atoms with Gasteiger partial charge < -0.3 is 15.4 Å². The lowest BCUT2D eigenvalue weighted by Gasteiger charge is -2.08. The third-order valence-corrected chi connectivity index (χ3v) is 4.03. The number of aromatic nitrogens is 2. The van der Waals surface area contributed by atoms with Crippen LogP contribution in [0.25, 0.3) is 0 Å². The van der Waals surface area contributed by atoms with E-state index in [2.05, 4.69) is 20.6 Å². The van der Waals surface area contributed by atoms with E-state index in [-0.39, 0.29) is 5.91 Å². The van der Waals surface area contributed by atoms with Crippen LogP contribution in [0.1, 0.15) is 15.9 Å². The molecule has 1 heterocycles. The quantitative estimate of drug-likeness (QED) is 0.691. The Morgan fingerprint density at radius 2 is 1.77 bits per heavy atom. The van der Waals surface area contributed by atoms with E-state index in [1.54, 1.807) is 13.2 Å². The van der Waals surface area contributed by atoms with Crippen molar-refractivity contribution >= 4 is 29.1 Å². The van der Waals surface area contributed by atoms with Crippen LogP contribution < -0.4 is 15.4 Å². The predicted octanol–water partition coefficient (Wildman–Crippen LogP) is 3.81. The fourth-order valence-corrected chi connectivity index (χ4v) is 2.44. The van der Waals surface area contributed by atoms with Crippen molar-refractivity contribution in [2.45, 2.75) is 6.54 Å². The summed E-state index contributed by atoms with van der Waals surface area (Å²) in [7, 11) is 1.61. The van der Waals surface area contributed by atoms with Crippen LogP contribution in [0.3, 0.4) is 0 Å². The lowest BCUT2D eigenvalue weighted by atomic mass is 10.2. The molecular formula is C19H17ClN4O2. The molecule has 0 radical (unpaired) electrons. The minimum absolute atomic E-state index is 0.263. The fraction of sp³-hybridized carbons (Fsp3) is 0.105. The first-order valence-corrected chi connectivity index (χ1v) is 8.28. The summed E-state index contributed by atoms with van der Waals surface area (Å²) < 4.78 is 5.11. The number of carbonyl (C=O) groups excluding carboxylic acids is 1. The van der Waals surface area contributed by atoms with E-state index in [0.717, 1.165) is 17.0 Å². The highest BCUT2D eigenvalue weighted by Crippen LogP contribution is 2.18. The van der Waals surface area contributed by atoms with Gasteiger partial charge in [-0.05, 0) is 35.9 Å². The van der Waals surface area contributed by atoms with Crippen LogP contribution in [0.4, 0.5) is 11.6 Å². The zero-order valence-corrected chi connectivity index (χ0v) is 14.8. The molecule has 0 bridgehead atoms. The molecule has 2 N–H and O–H groups in total. The van der Waals surface area contributed by atoms with Crippen LogP contribution in [0.2, 0.25) is 5.02 Å². The summed E-state index contributed by atoms with van der Waals surface area (Å²) in [5, 5.41) is 6.47. The standard InChI is InChI=1S/C19H17ClN4O2/c1-26-16-8-6-15(7-9-16)24-19-22-11-14(12-23-19)18(25)21-10-13-4-2-3-5-17(13)20/h2-9,11-12H,10H2,1H3,(H,21,25)(H,22,23,24). The third kappa shape index (κ3) is 4.49. The van der Waals surface area contributed by atoms with Crippen LogP contribution in [0, 0.1) is 0 Å². The van der Waals surface area contributed by atoms with Gasteiger partial charge in [0.2, 0.25) is 5.95 Å². The molecule has 132 valence electrons. The highest BCUT2D eigenvalue weighted by atomic mass is 35.5. The van der Waals surface area contributed by atoms with E-state index in [1.165, 1.54) is 12.4 Å². The second-order valence-corrected chi connectivity index (χ2v) is 5.83. The number of ether oxygens (including phenoxy) is 1. The Kier molecular flexibility index (Phi) is 5.66. The number of hydrogen-bond donors (Lipinski definition) is 2. The van der Waals surface area contributed by atoms with Gasteiger partial charge in [0.15, 0.2) is 0 Å². The molecule has 2 aromatic carbocycles. The largest absolute Gasteiger partial charge is 0.497 e. The molecule has 7 heteroatoms. The number of halogens is 1. The van der Waals surface area contributed by atoms with Gasteiger partial charge in [0.1, 0.15) is 5.75 Å². The Labute approximate surface area is 156 Å². The number of amides is 1. The molecule has 0 saturated carbocycles. The highest BCUT2D eigenvalue weighted by Gasteiger charge is 2.08. The van der Waals surface area contributed by atoms with E-state index in [1.807, 2.05) is 42.5 Å². The first-order chi connectivity index (χ1) is 12.7. The van der Waals surface area contributed by atoms with Crippen molar-refractivity contribution in [3.8, 4) is 5.75 Å². The Bertz CT molecular complexity index is 883. The molecule has 3 rings (SSSR count). The molecule has 0 fully saturated rings. The molecule has 26 heavy (non-hydrogen) atoms. The second-order valence-electron chi connectivity index (χ2n) is 5.42. The van der Waals surface area contributed by atoms with Gasteiger partial charge in [0.25, 0.3) is 5.91 Å². The molecular weight excluding hydrogens is 352 g/mol. The van der Waals surface area contributed by atoms with E-state index < -0.39 is 0 Å². The minimum Gasteiger partial charge on any atom is -0.497 e. The summed E-state index contributed by atoms with van der Waals surface area (Å²) in [6.07, 6.45) is 2.95. The number of rotatable bonds is 6. The van der Waals surface area contributed by atoms with E-state index in [4.69, 9.17) is 16.3 Å². The van der Waals surface area contributed by atoms with Crippen molar-refractivity contribution in [2.75, 3.05) is 12.4 Å². The first-order valence-electron chi connectivity index (χ1n) is 7.90. The minimum atomic E-state index is -0.263. The number of anilines is 2. The van der Waals surface area contributed by atoms with Crippen molar-refractivity contribution < 1.29 is 9.53 Å². The predicted molar refractivity (Wildman–Crippen MR) is 101 cm³/mol. The SMILES string of the molecule is COc1ccc(Nc2ncc(C(=O)NCc3ccccc3Cl)cn2)cc1. The number of nitrogens with one attached hydrogen (secondary N) is 2. The van der Waals surface area contributed by atoms with Crippen molar-refractivity contribution in [3.05, 3.63) is 77.1 Å². The number of nitrogens with zero attached hydrogens (tertiary/aromatic N) is 2. The van der Waals surface area contributed by atoms with Gasteiger partial charge in [-0.15, -0.1) is 0 Å². The van der Waals surface area contributed by atoms with Crippen LogP contribution in [-0.4, -0.2) is 23.0 Å². The zero-order chi connectivity index (χ0) is 18.4. The van der Waals surface area contributed by atoms with Gasteiger partial charge in [-0.2, -0.15) is 0 Å². The second kappa shape index (κ2) is 8.31. The molecule has 1 amide bonds. The molecule has 1 aromatic heterocycles. The maximum Gasteiger partial charge on any atom is 0.254 e. The molecule has 0 aliphatic rings. The first kappa shape index (κ1) is 17.7. The Hall–Kier alpha value is -3.12. The van der Waals surface area contributed by atoms with Crippen molar-refractivity contribution in [2.24, 2.45) is 0 Å². The van der Waals surface area contributed by atoms with E-state index >= 15 is 0 Å². The van der Waals surface area contributed by atoms with Gasteiger partial charge in [-0.1, -0.05) is 29.8 Å². The molecule has 0 atom stereocenters. The zero-order valence-electron chi connectivity index (χ0n) is 14.1. The Morgan fingerprint density at radius 3 is 2.42 bits per heavy atom. The molecule has 0 aliphatic heterocycles. The van der Waals surface area contributed by atoms with Crippen LogP contribution in [-0.2, 0) is 6.54 Å². The van der Waals surface area contributed by atoms with Gasteiger partial charge >= 0.3 is 0 Å². The Morgan fingerprint density at radius 1 is 1.08 bits per heavy atom. The maximum atomic E-state index is 12.2. The summed E-state index contributed by atoms with van der Waals surface area (Å²) in [5.74, 6) is 0.903. The van der Waals surface area contributed by atoms with Crippen molar-refractivity contribution in [1.29, 1.82) is 0 Å². The Balaban J connectivity index is 1.59. The van der Waals surface area contributed by atoms with Crippen LogP contribution >= 0.6 is 11.6 Å². The summed E-state index contributed by atoms with van der Waals surface area (Å²) in [6.45, 7) is 0.338. The normalized spacial score (nSPS) is 10.2. The van der Waals surface area contributed by atoms with Crippen LogP contribution in [0.15, 0.2) is 60.9 Å². The summed E-state index contributed by atoms with van der Waals surface area (Å²) in [6, 6.07) is 14.7. The molecule has 0 aliphatic carbocycles. The summed E-state index contributed by atoms with van der Waals surface area (Å²) in [4.78, 5) is 20.5. The summed E-state index contributed by atoms with van der Waals surface area (Å²) >= 11 is 6.08. The van der Waals surface area contributed by atoms with Gasteiger partial charge in [-0.3, -0.25) is 4.79 Å². The number of benzene rings is 2. The smallest absolute Gasteiger partial charge is 0.254 e. The molecule has 3 aromatic rings. The summed E-state index contributed by atoms with van der Waals surface area (Å²) in [5.41, 5.74) is 2.04. The average molecular weight is 369 g/mol. The van der Waals surface area contributed by atoms with Gasteiger partial charge in [-0.25, -0.2) is 9.97 Å². The number of carbonyl (C=O) groups is 1. The number of methoxy groups -OCH3 is 1. The lowest BCUT2D eigenvalue weighted by Crippen LogP contribution is -2.23. The molecule has 0 unspecified atom stereocenters. The van der Waals surface area contributed by atoms with Gasteiger partial charge in [0, 0.05) is 29.6 Å². The highest BCUT2D eigenvalue weighted by molar-refractivity contribution is 6.31. The molecule has 0 spiro atoms. The monoisotopic (exact) mass is 368 g/mol.